The lowest BCUT2D eigenvalue weighted by atomic mass is 10.0. The molecule has 0 bridgehead atoms. The van der Waals surface area contributed by atoms with E-state index in [2.05, 4.69) is 25.6 Å². The SMILES string of the molecule is Fc1ccc(C2=C[C@@H](c3cc(Cl)ccc3OC(F)F)n3nnnc3N2)cc1. The zero-order valence-electron chi connectivity index (χ0n) is 13.5. The summed E-state index contributed by atoms with van der Waals surface area (Å²) in [6.45, 7) is -3.00. The first-order valence-corrected chi connectivity index (χ1v) is 8.16. The van der Waals surface area contributed by atoms with E-state index in [9.17, 15) is 13.2 Å². The number of tetrazole rings is 1. The third-order valence-corrected chi connectivity index (χ3v) is 4.22. The van der Waals surface area contributed by atoms with Gasteiger partial charge in [0.25, 0.3) is 0 Å². The first-order chi connectivity index (χ1) is 13.0. The maximum Gasteiger partial charge on any atom is 0.387 e. The van der Waals surface area contributed by atoms with Gasteiger partial charge in [-0.15, -0.1) is 0 Å². The molecule has 0 radical (unpaired) electrons. The minimum atomic E-state index is -3.00. The van der Waals surface area contributed by atoms with Gasteiger partial charge in [0.2, 0.25) is 5.95 Å². The molecule has 1 N–H and O–H groups in total. The Balaban J connectivity index is 1.83. The van der Waals surface area contributed by atoms with Crippen molar-refractivity contribution in [1.82, 2.24) is 20.2 Å². The highest BCUT2D eigenvalue weighted by Gasteiger charge is 2.27. The number of benzene rings is 2. The van der Waals surface area contributed by atoms with Crippen molar-refractivity contribution in [1.29, 1.82) is 0 Å². The van der Waals surface area contributed by atoms with Crippen molar-refractivity contribution in [2.75, 3.05) is 5.32 Å². The van der Waals surface area contributed by atoms with Crippen molar-refractivity contribution < 1.29 is 17.9 Å². The minimum Gasteiger partial charge on any atom is -0.434 e. The molecule has 4 rings (SSSR count). The summed E-state index contributed by atoms with van der Waals surface area (Å²) in [6, 6.07) is 9.46. The van der Waals surface area contributed by atoms with Crippen LogP contribution in [-0.4, -0.2) is 26.8 Å². The fraction of sp³-hybridized carbons (Fsp3) is 0.118. The van der Waals surface area contributed by atoms with Crippen LogP contribution in [0.25, 0.3) is 5.70 Å². The number of ether oxygens (including phenoxy) is 1. The van der Waals surface area contributed by atoms with Gasteiger partial charge >= 0.3 is 6.61 Å². The lowest BCUT2D eigenvalue weighted by molar-refractivity contribution is -0.0506. The fourth-order valence-corrected chi connectivity index (χ4v) is 3.01. The molecule has 0 fully saturated rings. The first kappa shape index (κ1) is 17.3. The minimum absolute atomic E-state index is 0.0440. The number of aromatic nitrogens is 4. The normalized spacial score (nSPS) is 15.9. The van der Waals surface area contributed by atoms with Crippen LogP contribution in [0.3, 0.4) is 0 Å². The van der Waals surface area contributed by atoms with Gasteiger partial charge in [0, 0.05) is 16.3 Å². The molecule has 0 unspecified atom stereocenters. The average molecular weight is 394 g/mol. The van der Waals surface area contributed by atoms with Crippen molar-refractivity contribution in [2.24, 2.45) is 0 Å². The number of nitrogens with zero attached hydrogens (tertiary/aromatic N) is 4. The summed E-state index contributed by atoms with van der Waals surface area (Å²) < 4.78 is 44.9. The van der Waals surface area contributed by atoms with Crippen molar-refractivity contribution in [3.05, 3.63) is 70.5 Å². The Labute approximate surface area is 156 Å². The summed E-state index contributed by atoms with van der Waals surface area (Å²) in [5.74, 6) is -0.124. The van der Waals surface area contributed by atoms with Crippen molar-refractivity contribution in [3.63, 3.8) is 0 Å². The molecule has 2 aromatic carbocycles. The average Bonchev–Trinajstić information content (AvgIpc) is 3.11. The molecule has 1 atom stereocenters. The Morgan fingerprint density at radius 1 is 1.15 bits per heavy atom. The lowest BCUT2D eigenvalue weighted by Crippen LogP contribution is -2.21. The second-order valence-corrected chi connectivity index (χ2v) is 6.10. The fourth-order valence-electron chi connectivity index (χ4n) is 2.83. The molecule has 0 amide bonds. The van der Waals surface area contributed by atoms with Crippen LogP contribution in [0, 0.1) is 5.82 Å². The van der Waals surface area contributed by atoms with E-state index in [0.717, 1.165) is 0 Å². The second-order valence-electron chi connectivity index (χ2n) is 5.66. The Morgan fingerprint density at radius 3 is 2.67 bits per heavy atom. The Hall–Kier alpha value is -3.07. The molecule has 1 aliphatic heterocycles. The number of alkyl halides is 2. The molecule has 1 aromatic heterocycles. The molecule has 0 spiro atoms. The van der Waals surface area contributed by atoms with Crippen LogP contribution in [-0.2, 0) is 0 Å². The van der Waals surface area contributed by atoms with Crippen LogP contribution in [0.15, 0.2) is 48.5 Å². The number of fused-ring (bicyclic) bond motifs is 1. The monoisotopic (exact) mass is 393 g/mol. The molecular formula is C17H11ClF3N5O. The Kier molecular flexibility index (Phi) is 4.44. The van der Waals surface area contributed by atoms with E-state index in [0.29, 0.717) is 27.8 Å². The maximum atomic E-state index is 13.2. The summed E-state index contributed by atoms with van der Waals surface area (Å²) in [5.41, 5.74) is 1.62. The van der Waals surface area contributed by atoms with Crippen LogP contribution in [0.2, 0.25) is 5.02 Å². The van der Waals surface area contributed by atoms with E-state index >= 15 is 0 Å². The van der Waals surface area contributed by atoms with Crippen molar-refractivity contribution in [3.8, 4) is 5.75 Å². The van der Waals surface area contributed by atoms with Gasteiger partial charge in [-0.1, -0.05) is 16.7 Å². The zero-order chi connectivity index (χ0) is 19.0. The van der Waals surface area contributed by atoms with E-state index in [1.54, 1.807) is 18.2 Å². The van der Waals surface area contributed by atoms with Crippen LogP contribution >= 0.6 is 11.6 Å². The van der Waals surface area contributed by atoms with E-state index in [1.165, 1.54) is 35.0 Å². The second kappa shape index (κ2) is 6.92. The third-order valence-electron chi connectivity index (χ3n) is 3.99. The lowest BCUT2D eigenvalue weighted by Gasteiger charge is -2.25. The molecule has 27 heavy (non-hydrogen) atoms. The number of rotatable bonds is 4. The van der Waals surface area contributed by atoms with Gasteiger partial charge < -0.3 is 10.1 Å². The molecule has 10 heteroatoms. The molecule has 1 aliphatic rings. The van der Waals surface area contributed by atoms with Gasteiger partial charge in [0.15, 0.2) is 0 Å². The number of anilines is 1. The summed E-state index contributed by atoms with van der Waals surface area (Å²) in [6.07, 6.45) is 1.72. The molecule has 0 saturated heterocycles. The van der Waals surface area contributed by atoms with E-state index in [4.69, 9.17) is 11.6 Å². The highest BCUT2D eigenvalue weighted by atomic mass is 35.5. The van der Waals surface area contributed by atoms with Gasteiger partial charge in [-0.05, 0) is 64.5 Å². The summed E-state index contributed by atoms with van der Waals surface area (Å²) in [5, 5.41) is 14.8. The quantitative estimate of drug-likeness (QED) is 0.722. The van der Waals surface area contributed by atoms with Gasteiger partial charge in [-0.3, -0.25) is 0 Å². The molecule has 6 nitrogen and oxygen atoms in total. The topological polar surface area (TPSA) is 64.9 Å². The highest BCUT2D eigenvalue weighted by Crippen LogP contribution is 2.37. The Bertz CT molecular complexity index is 1010. The van der Waals surface area contributed by atoms with Crippen LogP contribution < -0.4 is 10.1 Å². The van der Waals surface area contributed by atoms with E-state index in [1.807, 2.05) is 0 Å². The number of hydrogen-bond donors (Lipinski definition) is 1. The summed E-state index contributed by atoms with van der Waals surface area (Å²) in [7, 11) is 0. The smallest absolute Gasteiger partial charge is 0.387 e. The molecular weight excluding hydrogens is 383 g/mol. The van der Waals surface area contributed by atoms with Crippen LogP contribution in [0.1, 0.15) is 17.2 Å². The largest absolute Gasteiger partial charge is 0.434 e. The standard InChI is InChI=1S/C17H11ClF3N5O/c18-10-3-6-15(27-16(20)21)12(7-10)14-8-13(9-1-4-11(19)5-2-9)22-17-23-24-25-26(14)17/h1-8,14,16H,(H,22,23,25)/t14-/m0/s1. The van der Waals surface area contributed by atoms with Gasteiger partial charge in [-0.2, -0.15) is 13.5 Å². The predicted octanol–water partition coefficient (Wildman–Crippen LogP) is 4.12. The van der Waals surface area contributed by atoms with Crippen LogP contribution in [0.5, 0.6) is 5.75 Å². The van der Waals surface area contributed by atoms with Crippen molar-refractivity contribution >= 4 is 23.2 Å². The molecule has 2 heterocycles. The predicted molar refractivity (Wildman–Crippen MR) is 92.0 cm³/mol. The maximum absolute atomic E-state index is 13.2. The highest BCUT2D eigenvalue weighted by molar-refractivity contribution is 6.30. The van der Waals surface area contributed by atoms with Gasteiger partial charge in [-0.25, -0.2) is 4.39 Å². The number of nitrogens with one attached hydrogen (secondary N) is 1. The molecule has 0 aliphatic carbocycles. The molecule has 3 aromatic rings. The van der Waals surface area contributed by atoms with E-state index in [-0.39, 0.29) is 11.6 Å². The van der Waals surface area contributed by atoms with E-state index < -0.39 is 12.7 Å². The molecule has 138 valence electrons. The van der Waals surface area contributed by atoms with Gasteiger partial charge in [0.1, 0.15) is 17.6 Å². The first-order valence-electron chi connectivity index (χ1n) is 7.78. The zero-order valence-corrected chi connectivity index (χ0v) is 14.2. The summed E-state index contributed by atoms with van der Waals surface area (Å²) in [4.78, 5) is 0. The number of halogens is 4. The number of hydrogen-bond acceptors (Lipinski definition) is 5. The third kappa shape index (κ3) is 3.45. The van der Waals surface area contributed by atoms with Gasteiger partial charge in [0.05, 0.1) is 0 Å². The number of allylic oxidation sites excluding steroid dienone is 1. The summed E-state index contributed by atoms with van der Waals surface area (Å²) >= 11 is 6.06. The molecule has 0 saturated carbocycles. The Morgan fingerprint density at radius 2 is 1.93 bits per heavy atom. The van der Waals surface area contributed by atoms with Crippen molar-refractivity contribution in [2.45, 2.75) is 12.7 Å². The van der Waals surface area contributed by atoms with Crippen LogP contribution in [0.4, 0.5) is 19.1 Å².